The summed E-state index contributed by atoms with van der Waals surface area (Å²) in [6, 6.07) is 1.87. The Labute approximate surface area is 76.0 Å². The number of aromatic nitrogens is 2. The van der Waals surface area contributed by atoms with Crippen LogP contribution in [0.2, 0.25) is 5.28 Å². The lowest BCUT2D eigenvalue weighted by Gasteiger charge is -2.08. The van der Waals surface area contributed by atoms with Crippen LogP contribution in [0.4, 0.5) is 0 Å². The molecule has 12 heavy (non-hydrogen) atoms. The third kappa shape index (κ3) is 1.57. The molecule has 3 nitrogen and oxygen atoms in total. The first-order valence-corrected chi connectivity index (χ1v) is 4.39. The molecular weight excluding hydrogens is 174 g/mol. The summed E-state index contributed by atoms with van der Waals surface area (Å²) in [5.74, 6) is 0.607. The minimum Gasteiger partial charge on any atom is -0.322 e. The highest BCUT2D eigenvalue weighted by Crippen LogP contribution is 2.38. The fourth-order valence-electron chi connectivity index (χ4n) is 1.23. The van der Waals surface area contributed by atoms with Crippen molar-refractivity contribution in [2.75, 3.05) is 0 Å². The van der Waals surface area contributed by atoms with E-state index >= 15 is 0 Å². The fourth-order valence-corrected chi connectivity index (χ4v) is 1.38. The summed E-state index contributed by atoms with van der Waals surface area (Å²) in [6.45, 7) is 0. The maximum atomic E-state index is 5.92. The molecule has 0 saturated heterocycles. The van der Waals surface area contributed by atoms with Gasteiger partial charge in [-0.15, -0.1) is 0 Å². The zero-order chi connectivity index (χ0) is 8.55. The number of halogens is 1. The zero-order valence-electron chi connectivity index (χ0n) is 6.57. The van der Waals surface area contributed by atoms with Gasteiger partial charge in [-0.2, -0.15) is 0 Å². The van der Waals surface area contributed by atoms with Gasteiger partial charge in [-0.3, -0.25) is 0 Å². The van der Waals surface area contributed by atoms with E-state index in [1.807, 2.05) is 6.07 Å². The number of hydrogen-bond donors (Lipinski definition) is 1. The van der Waals surface area contributed by atoms with Crippen molar-refractivity contribution in [3.05, 3.63) is 23.2 Å². The van der Waals surface area contributed by atoms with Crippen LogP contribution in [0.3, 0.4) is 0 Å². The Morgan fingerprint density at radius 3 is 2.92 bits per heavy atom. The first-order valence-electron chi connectivity index (χ1n) is 4.01. The number of nitrogens with zero attached hydrogens (tertiary/aromatic N) is 2. The van der Waals surface area contributed by atoms with Gasteiger partial charge in [-0.25, -0.2) is 9.97 Å². The summed E-state index contributed by atoms with van der Waals surface area (Å²) in [7, 11) is 0. The maximum absolute atomic E-state index is 5.92. The Balaban J connectivity index is 2.20. The van der Waals surface area contributed by atoms with Crippen molar-refractivity contribution in [3.63, 3.8) is 0 Å². The first-order chi connectivity index (χ1) is 5.77. The Morgan fingerprint density at radius 2 is 2.33 bits per heavy atom. The minimum atomic E-state index is 0.0468. The largest absolute Gasteiger partial charge is 0.322 e. The van der Waals surface area contributed by atoms with Crippen molar-refractivity contribution in [2.24, 2.45) is 11.7 Å². The van der Waals surface area contributed by atoms with E-state index in [9.17, 15) is 0 Å². The van der Waals surface area contributed by atoms with E-state index in [1.54, 1.807) is 6.20 Å². The van der Waals surface area contributed by atoms with Gasteiger partial charge in [0.2, 0.25) is 5.28 Å². The molecule has 0 bridgehead atoms. The van der Waals surface area contributed by atoms with E-state index in [0.29, 0.717) is 5.92 Å². The minimum absolute atomic E-state index is 0.0468. The standard InChI is InChI=1S/C8H10ClN3/c9-8-11-4-3-6(12-8)7(10)5-1-2-5/h3-5,7H,1-2,10H2. The topological polar surface area (TPSA) is 51.8 Å². The van der Waals surface area contributed by atoms with Gasteiger partial charge < -0.3 is 5.73 Å². The van der Waals surface area contributed by atoms with Crippen LogP contribution in [0, 0.1) is 5.92 Å². The smallest absolute Gasteiger partial charge is 0.222 e. The monoisotopic (exact) mass is 183 g/mol. The van der Waals surface area contributed by atoms with Gasteiger partial charge in [0.1, 0.15) is 0 Å². The van der Waals surface area contributed by atoms with Gasteiger partial charge in [0, 0.05) is 6.20 Å². The Bertz CT molecular complexity index is 285. The summed E-state index contributed by atoms with van der Waals surface area (Å²) >= 11 is 5.64. The number of rotatable bonds is 2. The summed E-state index contributed by atoms with van der Waals surface area (Å²) in [4.78, 5) is 7.86. The highest BCUT2D eigenvalue weighted by molar-refractivity contribution is 6.28. The second kappa shape index (κ2) is 2.99. The summed E-state index contributed by atoms with van der Waals surface area (Å²) in [5.41, 5.74) is 6.78. The van der Waals surface area contributed by atoms with E-state index < -0.39 is 0 Å². The Kier molecular flexibility index (Phi) is 1.98. The normalized spacial score (nSPS) is 19.2. The molecule has 1 unspecified atom stereocenters. The van der Waals surface area contributed by atoms with Crippen molar-refractivity contribution in [1.82, 2.24) is 9.97 Å². The van der Waals surface area contributed by atoms with Crippen LogP contribution in [0.1, 0.15) is 24.6 Å². The molecule has 0 amide bonds. The van der Waals surface area contributed by atoms with Gasteiger partial charge in [0.05, 0.1) is 11.7 Å². The van der Waals surface area contributed by atoms with Gasteiger partial charge in [-0.05, 0) is 36.4 Å². The highest BCUT2D eigenvalue weighted by atomic mass is 35.5. The third-order valence-electron chi connectivity index (χ3n) is 2.12. The van der Waals surface area contributed by atoms with Crippen molar-refractivity contribution >= 4 is 11.6 Å². The molecule has 0 radical (unpaired) electrons. The molecule has 1 fully saturated rings. The van der Waals surface area contributed by atoms with Gasteiger partial charge in [-0.1, -0.05) is 0 Å². The van der Waals surface area contributed by atoms with E-state index in [4.69, 9.17) is 17.3 Å². The average Bonchev–Trinajstić information content (AvgIpc) is 2.85. The first kappa shape index (κ1) is 7.95. The summed E-state index contributed by atoms with van der Waals surface area (Å²) in [5, 5.41) is 0.281. The van der Waals surface area contributed by atoms with E-state index in [-0.39, 0.29) is 11.3 Å². The predicted octanol–water partition coefficient (Wildman–Crippen LogP) is 1.54. The Morgan fingerprint density at radius 1 is 1.58 bits per heavy atom. The molecule has 1 aromatic rings. The molecule has 0 spiro atoms. The molecule has 2 N–H and O–H groups in total. The van der Waals surface area contributed by atoms with Crippen molar-refractivity contribution in [1.29, 1.82) is 0 Å². The van der Waals surface area contributed by atoms with Crippen LogP contribution in [-0.2, 0) is 0 Å². The van der Waals surface area contributed by atoms with Crippen LogP contribution in [-0.4, -0.2) is 9.97 Å². The molecule has 1 atom stereocenters. The summed E-state index contributed by atoms with van der Waals surface area (Å²) < 4.78 is 0. The zero-order valence-corrected chi connectivity index (χ0v) is 7.33. The average molecular weight is 184 g/mol. The lowest BCUT2D eigenvalue weighted by molar-refractivity contribution is 0.613. The van der Waals surface area contributed by atoms with Crippen molar-refractivity contribution < 1.29 is 0 Å². The molecule has 1 heterocycles. The lowest BCUT2D eigenvalue weighted by Crippen LogP contribution is -2.14. The SMILES string of the molecule is NC(c1ccnc(Cl)n1)C1CC1. The van der Waals surface area contributed by atoms with Gasteiger partial charge in [0.15, 0.2) is 0 Å². The molecule has 0 aliphatic heterocycles. The Hall–Kier alpha value is -0.670. The molecule has 0 aromatic carbocycles. The van der Waals surface area contributed by atoms with Crippen molar-refractivity contribution in [3.8, 4) is 0 Å². The highest BCUT2D eigenvalue weighted by Gasteiger charge is 2.30. The van der Waals surface area contributed by atoms with E-state index in [0.717, 1.165) is 5.69 Å². The van der Waals surface area contributed by atoms with Crippen LogP contribution in [0.25, 0.3) is 0 Å². The fraction of sp³-hybridized carbons (Fsp3) is 0.500. The predicted molar refractivity (Wildman–Crippen MR) is 46.7 cm³/mol. The van der Waals surface area contributed by atoms with E-state index in [2.05, 4.69) is 9.97 Å². The van der Waals surface area contributed by atoms with E-state index in [1.165, 1.54) is 12.8 Å². The molecule has 1 aromatic heterocycles. The molecule has 1 aliphatic carbocycles. The maximum Gasteiger partial charge on any atom is 0.222 e. The molecule has 64 valence electrons. The number of nitrogens with two attached hydrogens (primary N) is 1. The molecule has 2 rings (SSSR count). The number of hydrogen-bond acceptors (Lipinski definition) is 3. The second-order valence-corrected chi connectivity index (χ2v) is 3.45. The molecule has 1 aliphatic rings. The second-order valence-electron chi connectivity index (χ2n) is 3.11. The quantitative estimate of drug-likeness (QED) is 0.708. The van der Waals surface area contributed by atoms with Crippen LogP contribution >= 0.6 is 11.6 Å². The van der Waals surface area contributed by atoms with Crippen LogP contribution < -0.4 is 5.73 Å². The van der Waals surface area contributed by atoms with Crippen LogP contribution in [0.15, 0.2) is 12.3 Å². The summed E-state index contributed by atoms with van der Waals surface area (Å²) in [6.07, 6.45) is 4.07. The molecule has 4 heteroatoms. The molecule has 1 saturated carbocycles. The third-order valence-corrected chi connectivity index (χ3v) is 2.30. The van der Waals surface area contributed by atoms with Gasteiger partial charge >= 0.3 is 0 Å². The van der Waals surface area contributed by atoms with Gasteiger partial charge in [0.25, 0.3) is 0 Å². The van der Waals surface area contributed by atoms with Crippen LogP contribution in [0.5, 0.6) is 0 Å². The van der Waals surface area contributed by atoms with Crippen molar-refractivity contribution in [2.45, 2.75) is 18.9 Å². The molecular formula is C8H10ClN3. The lowest BCUT2D eigenvalue weighted by atomic mass is 10.1.